The van der Waals surface area contributed by atoms with Gasteiger partial charge >= 0.3 is 6.03 Å². The number of urea groups is 1. The third-order valence-corrected chi connectivity index (χ3v) is 6.66. The summed E-state index contributed by atoms with van der Waals surface area (Å²) in [7, 11) is 0.870. The lowest BCUT2D eigenvalue weighted by atomic mass is 9.99. The Hall–Kier alpha value is -1.44. The van der Waals surface area contributed by atoms with Crippen LogP contribution in [-0.2, 0) is 35.6 Å². The summed E-state index contributed by atoms with van der Waals surface area (Å²) in [5.74, 6) is 0.313. The Balaban J connectivity index is 1.80. The number of carbonyl (C=O) groups excluding carboxylic acids is 1. The van der Waals surface area contributed by atoms with Crippen LogP contribution in [0.3, 0.4) is 0 Å². The summed E-state index contributed by atoms with van der Waals surface area (Å²) in [5.41, 5.74) is 6.07. The predicted molar refractivity (Wildman–Crippen MR) is 107 cm³/mol. The fourth-order valence-corrected chi connectivity index (χ4v) is 5.68. The highest BCUT2D eigenvalue weighted by atomic mass is 32.2. The van der Waals surface area contributed by atoms with Gasteiger partial charge in [-0.1, -0.05) is 13.0 Å². The Kier molecular flexibility index (Phi) is 5.69. The molecular formula is C19H30N4O2S. The van der Waals surface area contributed by atoms with Gasteiger partial charge in [-0.25, -0.2) is 14.1 Å². The van der Waals surface area contributed by atoms with Crippen molar-refractivity contribution in [2.75, 3.05) is 31.7 Å². The SMILES string of the molecule is CC(CN(C)C)CS(N)(=O)=NC(=O)Nc1c2c(cc3c1CCC3)CCC2. The maximum atomic E-state index is 12.6. The second-order valence-corrected chi connectivity index (χ2v) is 9.87. The highest BCUT2D eigenvalue weighted by Gasteiger charge is 2.25. The van der Waals surface area contributed by atoms with Gasteiger partial charge in [0.15, 0.2) is 0 Å². The van der Waals surface area contributed by atoms with Crippen LogP contribution in [0.4, 0.5) is 10.5 Å². The highest BCUT2D eigenvalue weighted by Crippen LogP contribution is 2.38. The van der Waals surface area contributed by atoms with Crippen molar-refractivity contribution in [2.45, 2.75) is 45.4 Å². The van der Waals surface area contributed by atoms with Gasteiger partial charge in [0.1, 0.15) is 9.92 Å². The number of carbonyl (C=O) groups is 1. The van der Waals surface area contributed by atoms with Crippen LogP contribution in [0.1, 0.15) is 42.0 Å². The Morgan fingerprint density at radius 1 is 1.23 bits per heavy atom. The van der Waals surface area contributed by atoms with Crippen LogP contribution in [0.15, 0.2) is 10.4 Å². The summed E-state index contributed by atoms with van der Waals surface area (Å²) in [4.78, 5) is 14.5. The van der Waals surface area contributed by atoms with Crippen LogP contribution in [0.5, 0.6) is 0 Å². The van der Waals surface area contributed by atoms with Crippen LogP contribution >= 0.6 is 0 Å². The minimum Gasteiger partial charge on any atom is -0.309 e. The van der Waals surface area contributed by atoms with Crippen molar-refractivity contribution >= 4 is 21.6 Å². The zero-order valence-electron chi connectivity index (χ0n) is 16.0. The first-order valence-electron chi connectivity index (χ1n) is 9.40. The molecule has 0 aromatic heterocycles. The molecule has 2 aliphatic carbocycles. The van der Waals surface area contributed by atoms with E-state index in [1.807, 2.05) is 25.9 Å². The number of anilines is 1. The van der Waals surface area contributed by atoms with Crippen molar-refractivity contribution in [3.8, 4) is 0 Å². The van der Waals surface area contributed by atoms with Gasteiger partial charge in [0.2, 0.25) is 0 Å². The minimum absolute atomic E-state index is 0.101. The van der Waals surface area contributed by atoms with E-state index in [9.17, 15) is 9.00 Å². The first-order chi connectivity index (χ1) is 12.2. The molecule has 0 aliphatic heterocycles. The fraction of sp³-hybridized carbons (Fsp3) is 0.632. The third kappa shape index (κ3) is 4.45. The monoisotopic (exact) mass is 378 g/mol. The lowest BCUT2D eigenvalue weighted by molar-refractivity contribution is 0.260. The fourth-order valence-electron chi connectivity index (χ4n) is 4.36. The Morgan fingerprint density at radius 2 is 1.81 bits per heavy atom. The molecule has 0 bridgehead atoms. The number of hydrogen-bond donors (Lipinski definition) is 2. The lowest BCUT2D eigenvalue weighted by Gasteiger charge is -2.17. The number of fused-ring (bicyclic) bond motifs is 2. The molecule has 0 radical (unpaired) electrons. The average Bonchev–Trinajstić information content (AvgIpc) is 3.12. The second kappa shape index (κ2) is 7.66. The number of hydrogen-bond acceptors (Lipinski definition) is 3. The molecule has 0 saturated heterocycles. The van der Waals surface area contributed by atoms with Crippen molar-refractivity contribution in [1.29, 1.82) is 0 Å². The van der Waals surface area contributed by atoms with Gasteiger partial charge in [-0.05, 0) is 80.8 Å². The molecule has 2 aliphatic rings. The summed E-state index contributed by atoms with van der Waals surface area (Å²) in [5, 5.41) is 8.79. The number of nitrogens with zero attached hydrogens (tertiary/aromatic N) is 2. The van der Waals surface area contributed by atoms with Crippen molar-refractivity contribution in [1.82, 2.24) is 4.90 Å². The van der Waals surface area contributed by atoms with E-state index in [1.165, 1.54) is 22.3 Å². The molecule has 0 heterocycles. The quantitative estimate of drug-likeness (QED) is 0.826. The van der Waals surface area contributed by atoms with E-state index in [1.54, 1.807) is 0 Å². The number of nitrogens with two attached hydrogens (primary N) is 1. The van der Waals surface area contributed by atoms with Gasteiger partial charge in [-0.3, -0.25) is 0 Å². The van der Waals surface area contributed by atoms with Gasteiger partial charge in [0, 0.05) is 18.0 Å². The van der Waals surface area contributed by atoms with Gasteiger partial charge in [-0.2, -0.15) is 0 Å². The van der Waals surface area contributed by atoms with E-state index < -0.39 is 15.9 Å². The first kappa shape index (κ1) is 19.3. The number of nitrogens with one attached hydrogen (secondary N) is 1. The van der Waals surface area contributed by atoms with Crippen molar-refractivity contribution < 1.29 is 9.00 Å². The molecule has 2 unspecified atom stereocenters. The molecule has 0 saturated carbocycles. The minimum atomic E-state index is -3.04. The topological polar surface area (TPSA) is 87.8 Å². The van der Waals surface area contributed by atoms with Crippen LogP contribution in [0.25, 0.3) is 0 Å². The van der Waals surface area contributed by atoms with E-state index in [-0.39, 0.29) is 11.7 Å². The van der Waals surface area contributed by atoms with Crippen LogP contribution in [0.2, 0.25) is 0 Å². The normalized spacial score (nSPS) is 19.0. The standard InChI is InChI=1S/C19H30N4O2S/c1-13(11-23(2)3)12-26(20,25)22-19(24)21-18-16-8-4-6-14(16)10-15-7-5-9-17(15)18/h10,13H,4-9,11-12H2,1-3H3,(H3,20,21,22,24,25). The van der Waals surface area contributed by atoms with E-state index in [4.69, 9.17) is 5.14 Å². The van der Waals surface area contributed by atoms with Gasteiger partial charge in [0.05, 0.1) is 0 Å². The second-order valence-electron chi connectivity index (χ2n) is 7.98. The molecule has 3 N–H and O–H groups in total. The molecule has 3 rings (SSSR count). The molecule has 1 aromatic rings. The maximum absolute atomic E-state index is 12.6. The smallest absolute Gasteiger partial charge is 0.309 e. The van der Waals surface area contributed by atoms with Crippen molar-refractivity contribution in [3.05, 3.63) is 28.3 Å². The van der Waals surface area contributed by atoms with Gasteiger partial charge in [-0.15, -0.1) is 4.36 Å². The molecule has 1 aromatic carbocycles. The first-order valence-corrected chi connectivity index (χ1v) is 11.1. The molecule has 6 nitrogen and oxygen atoms in total. The van der Waals surface area contributed by atoms with E-state index in [0.29, 0.717) is 0 Å². The Morgan fingerprint density at radius 3 is 2.35 bits per heavy atom. The van der Waals surface area contributed by atoms with Gasteiger partial charge < -0.3 is 10.2 Å². The molecule has 0 spiro atoms. The van der Waals surface area contributed by atoms with Crippen LogP contribution in [-0.4, -0.2) is 41.5 Å². The summed E-state index contributed by atoms with van der Waals surface area (Å²) >= 11 is 0. The molecule has 0 fully saturated rings. The van der Waals surface area contributed by atoms with Crippen LogP contribution in [0, 0.1) is 5.92 Å². The predicted octanol–water partition coefficient (Wildman–Crippen LogP) is 2.74. The molecule has 2 amide bonds. The van der Waals surface area contributed by atoms with Gasteiger partial charge in [0.25, 0.3) is 0 Å². The number of benzene rings is 1. The number of rotatable bonds is 5. The summed E-state index contributed by atoms with van der Waals surface area (Å²) in [6.07, 6.45) is 6.34. The Bertz CT molecular complexity index is 793. The molecule has 7 heteroatoms. The van der Waals surface area contributed by atoms with E-state index in [0.717, 1.165) is 50.8 Å². The molecule has 144 valence electrons. The highest BCUT2D eigenvalue weighted by molar-refractivity contribution is 7.91. The summed E-state index contributed by atoms with van der Waals surface area (Å²) < 4.78 is 16.4. The van der Waals surface area contributed by atoms with Crippen molar-refractivity contribution in [2.24, 2.45) is 15.4 Å². The average molecular weight is 379 g/mol. The van der Waals surface area contributed by atoms with Crippen LogP contribution < -0.4 is 10.5 Å². The number of amides is 2. The molecular weight excluding hydrogens is 348 g/mol. The lowest BCUT2D eigenvalue weighted by Crippen LogP contribution is -2.29. The molecule has 26 heavy (non-hydrogen) atoms. The maximum Gasteiger partial charge on any atom is 0.354 e. The largest absolute Gasteiger partial charge is 0.354 e. The summed E-state index contributed by atoms with van der Waals surface area (Å²) in [6, 6.07) is 1.73. The van der Waals surface area contributed by atoms with E-state index in [2.05, 4.69) is 15.7 Å². The zero-order valence-corrected chi connectivity index (χ0v) is 16.8. The summed E-state index contributed by atoms with van der Waals surface area (Å²) in [6.45, 7) is 2.72. The Labute approximate surface area is 156 Å². The molecule has 2 atom stereocenters. The van der Waals surface area contributed by atoms with Crippen molar-refractivity contribution in [3.63, 3.8) is 0 Å². The number of aryl methyl sites for hydroxylation is 2. The third-order valence-electron chi connectivity index (χ3n) is 5.14. The zero-order chi connectivity index (χ0) is 18.9. The van der Waals surface area contributed by atoms with E-state index >= 15 is 0 Å².